The van der Waals surface area contributed by atoms with E-state index < -0.39 is 7.14 Å². The van der Waals surface area contributed by atoms with E-state index in [0.717, 1.165) is 48.6 Å². The third-order valence-corrected chi connectivity index (χ3v) is 10.7. The first-order valence-electron chi connectivity index (χ1n) is 13.1. The van der Waals surface area contributed by atoms with Crippen molar-refractivity contribution in [2.75, 3.05) is 14.1 Å². The van der Waals surface area contributed by atoms with E-state index in [4.69, 9.17) is 17.0 Å². The monoisotopic (exact) mass is 557 g/mol. The van der Waals surface area contributed by atoms with Gasteiger partial charge >= 0.3 is 0 Å². The van der Waals surface area contributed by atoms with Crippen molar-refractivity contribution >= 4 is 62.0 Å². The third kappa shape index (κ3) is 4.50. The van der Waals surface area contributed by atoms with Gasteiger partial charge in [0, 0.05) is 41.1 Å². The molecule has 6 rings (SSSR count). The molecule has 6 aromatic carbocycles. The lowest BCUT2D eigenvalue weighted by molar-refractivity contribution is 0.451. The maximum absolute atomic E-state index is 15.8. The van der Waals surface area contributed by atoms with Gasteiger partial charge in [0.1, 0.15) is 5.75 Å². The smallest absolute Gasteiger partial charge is 0.264 e. The number of thiocarbonyl (C=S) groups is 1. The van der Waals surface area contributed by atoms with Gasteiger partial charge in [0.15, 0.2) is 7.14 Å². The van der Waals surface area contributed by atoms with Crippen LogP contribution in [0.5, 0.6) is 5.75 Å². The molecule has 0 fully saturated rings. The number of ether oxygens (including phenoxy) is 1. The highest BCUT2D eigenvalue weighted by Gasteiger charge is 2.34. The number of nitrogens with zero attached hydrogens (tertiary/aromatic N) is 1. The Morgan fingerprint density at radius 1 is 0.600 bits per heavy atom. The molecule has 0 N–H and O–H groups in total. The first kappa shape index (κ1) is 26.0. The highest BCUT2D eigenvalue weighted by Crippen LogP contribution is 2.49. The van der Waals surface area contributed by atoms with Crippen LogP contribution in [-0.4, -0.2) is 24.2 Å². The molecule has 0 saturated heterocycles. The molecule has 0 unspecified atom stereocenters. The molecule has 0 saturated carbocycles. The van der Waals surface area contributed by atoms with Crippen LogP contribution in [0.4, 0.5) is 0 Å². The molecule has 0 atom stereocenters. The minimum absolute atomic E-state index is 0.354. The summed E-state index contributed by atoms with van der Waals surface area (Å²) in [6, 6.07) is 44.2. The zero-order chi connectivity index (χ0) is 27.7. The van der Waals surface area contributed by atoms with Gasteiger partial charge in [0.05, 0.1) is 0 Å². The molecular formula is C35H28NO2PS. The topological polar surface area (TPSA) is 29.5 Å². The lowest BCUT2D eigenvalue weighted by atomic mass is 9.93. The Balaban J connectivity index is 1.79. The van der Waals surface area contributed by atoms with Gasteiger partial charge in [-0.25, -0.2) is 0 Å². The van der Waals surface area contributed by atoms with Gasteiger partial charge in [0.2, 0.25) is 0 Å². The van der Waals surface area contributed by atoms with Crippen LogP contribution in [0, 0.1) is 0 Å². The number of rotatable bonds is 5. The van der Waals surface area contributed by atoms with Gasteiger partial charge in [-0.05, 0) is 45.9 Å². The molecule has 0 aliphatic heterocycles. The van der Waals surface area contributed by atoms with E-state index in [-0.39, 0.29) is 0 Å². The number of hydrogen-bond acceptors (Lipinski definition) is 3. The molecule has 6 aromatic rings. The minimum atomic E-state index is -3.33. The van der Waals surface area contributed by atoms with Gasteiger partial charge in [-0.2, -0.15) is 0 Å². The molecule has 3 nitrogen and oxygen atoms in total. The lowest BCUT2D eigenvalue weighted by Gasteiger charge is -2.26. The summed E-state index contributed by atoms with van der Waals surface area (Å²) in [4.78, 5) is 1.77. The number of fused-ring (bicyclic) bond motifs is 2. The second-order valence-electron chi connectivity index (χ2n) is 9.88. The Bertz CT molecular complexity index is 1860. The summed E-state index contributed by atoms with van der Waals surface area (Å²) in [5.41, 5.74) is 1.77. The molecule has 0 aromatic heterocycles. The van der Waals surface area contributed by atoms with E-state index in [1.807, 2.05) is 117 Å². The van der Waals surface area contributed by atoms with Crippen molar-refractivity contribution in [3.63, 3.8) is 0 Å². The van der Waals surface area contributed by atoms with Crippen LogP contribution in [-0.2, 0) is 4.57 Å². The zero-order valence-electron chi connectivity index (χ0n) is 22.3. The van der Waals surface area contributed by atoms with E-state index >= 15 is 4.57 Å². The second-order valence-corrected chi connectivity index (χ2v) is 13.0. The first-order valence-corrected chi connectivity index (χ1v) is 15.2. The predicted molar refractivity (Wildman–Crippen MR) is 173 cm³/mol. The van der Waals surface area contributed by atoms with Crippen LogP contribution in [0.3, 0.4) is 0 Å². The standard InChI is InChI=1S/C35H28NO2PS/c1-36(2)35(40)38-31-23-21-25-13-9-11-19-29(25)33(31)34-30-20-12-10-14-26(30)22-24-32(34)39(37,27-15-5-3-6-16-27)28-17-7-4-8-18-28/h3-24H,1-2H3. The summed E-state index contributed by atoms with van der Waals surface area (Å²) in [5, 5.41) is 6.81. The average Bonchev–Trinajstić information content (AvgIpc) is 3.01. The minimum Gasteiger partial charge on any atom is -0.431 e. The molecule has 0 amide bonds. The maximum atomic E-state index is 15.8. The SMILES string of the molecule is CN(C)C(=S)Oc1ccc2ccccc2c1-c1c(P(=O)(c2ccccc2)c2ccccc2)ccc2ccccc12. The highest BCUT2D eigenvalue weighted by atomic mass is 32.1. The summed E-state index contributed by atoms with van der Waals surface area (Å²) in [6.45, 7) is 0. The normalized spacial score (nSPS) is 11.4. The van der Waals surface area contributed by atoms with Crippen molar-refractivity contribution in [3.05, 3.63) is 133 Å². The van der Waals surface area contributed by atoms with Gasteiger partial charge < -0.3 is 14.2 Å². The van der Waals surface area contributed by atoms with Crippen molar-refractivity contribution in [2.24, 2.45) is 0 Å². The molecule has 0 spiro atoms. The summed E-state index contributed by atoms with van der Waals surface area (Å²) in [5.74, 6) is 0.627. The fourth-order valence-electron chi connectivity index (χ4n) is 5.27. The first-order chi connectivity index (χ1) is 19.5. The fraction of sp³-hybridized carbons (Fsp3) is 0.0571. The highest BCUT2D eigenvalue weighted by molar-refractivity contribution is 7.85. The van der Waals surface area contributed by atoms with Crippen LogP contribution in [0.15, 0.2) is 133 Å². The quantitative estimate of drug-likeness (QED) is 0.162. The maximum Gasteiger partial charge on any atom is 0.264 e. The van der Waals surface area contributed by atoms with E-state index in [1.165, 1.54) is 0 Å². The summed E-state index contributed by atoms with van der Waals surface area (Å²) in [7, 11) is 0.399. The van der Waals surface area contributed by atoms with E-state index in [0.29, 0.717) is 10.9 Å². The molecule has 196 valence electrons. The molecule has 40 heavy (non-hydrogen) atoms. The van der Waals surface area contributed by atoms with Crippen LogP contribution >= 0.6 is 19.4 Å². The molecule has 5 heteroatoms. The summed E-state index contributed by atoms with van der Waals surface area (Å²) >= 11 is 5.60. The number of benzene rings is 6. The Morgan fingerprint density at radius 3 is 1.62 bits per heavy atom. The Morgan fingerprint density at radius 2 is 1.07 bits per heavy atom. The molecule has 0 radical (unpaired) electrons. The fourth-order valence-corrected chi connectivity index (χ4v) is 8.23. The van der Waals surface area contributed by atoms with Crippen LogP contribution < -0.4 is 20.7 Å². The van der Waals surface area contributed by atoms with Crippen LogP contribution in [0.1, 0.15) is 0 Å². The third-order valence-electron chi connectivity index (χ3n) is 7.19. The molecule has 0 aliphatic carbocycles. The Hall–Kier alpha value is -4.24. The van der Waals surface area contributed by atoms with Crippen molar-refractivity contribution < 1.29 is 9.30 Å². The van der Waals surface area contributed by atoms with Crippen molar-refractivity contribution in [1.29, 1.82) is 0 Å². The molecule has 0 heterocycles. The largest absolute Gasteiger partial charge is 0.431 e. The van der Waals surface area contributed by atoms with Crippen molar-refractivity contribution in [3.8, 4) is 16.9 Å². The van der Waals surface area contributed by atoms with Gasteiger partial charge in [-0.1, -0.05) is 121 Å². The summed E-state index contributed by atoms with van der Waals surface area (Å²) < 4.78 is 22.1. The van der Waals surface area contributed by atoms with Crippen molar-refractivity contribution in [2.45, 2.75) is 0 Å². The van der Waals surface area contributed by atoms with E-state index in [9.17, 15) is 0 Å². The van der Waals surface area contributed by atoms with Gasteiger partial charge in [-0.3, -0.25) is 0 Å². The Kier molecular flexibility index (Phi) is 6.98. The Labute approximate surface area is 240 Å². The second kappa shape index (κ2) is 10.7. The van der Waals surface area contributed by atoms with Crippen LogP contribution in [0.25, 0.3) is 32.7 Å². The van der Waals surface area contributed by atoms with Crippen molar-refractivity contribution in [1.82, 2.24) is 4.90 Å². The van der Waals surface area contributed by atoms with Crippen LogP contribution in [0.2, 0.25) is 0 Å². The molecular weight excluding hydrogens is 529 g/mol. The van der Waals surface area contributed by atoms with Gasteiger partial charge in [0.25, 0.3) is 5.17 Å². The van der Waals surface area contributed by atoms with Gasteiger partial charge in [-0.15, -0.1) is 0 Å². The predicted octanol–water partition coefficient (Wildman–Crippen LogP) is 7.52. The molecule has 0 bridgehead atoms. The molecule has 0 aliphatic rings. The van der Waals surface area contributed by atoms with E-state index in [1.54, 1.807) is 4.90 Å². The average molecular weight is 558 g/mol. The van der Waals surface area contributed by atoms with E-state index in [2.05, 4.69) is 30.3 Å². The number of hydrogen-bond donors (Lipinski definition) is 0. The summed E-state index contributed by atoms with van der Waals surface area (Å²) in [6.07, 6.45) is 0. The lowest BCUT2D eigenvalue weighted by Crippen LogP contribution is -2.27. The zero-order valence-corrected chi connectivity index (χ0v) is 24.0.